The third-order valence-electron chi connectivity index (χ3n) is 4.71. The zero-order chi connectivity index (χ0) is 22.2. The van der Waals surface area contributed by atoms with Crippen LogP contribution in [0.15, 0.2) is 72.8 Å². The van der Waals surface area contributed by atoms with Crippen LogP contribution in [0.1, 0.15) is 32.0 Å². The number of H-pyrrole nitrogens is 1. The molecule has 4 nitrogen and oxygen atoms in total. The van der Waals surface area contributed by atoms with E-state index in [-0.39, 0.29) is 22.7 Å². The minimum absolute atomic E-state index is 0.101. The zero-order valence-corrected chi connectivity index (χ0v) is 16.5. The summed E-state index contributed by atoms with van der Waals surface area (Å²) in [6.07, 6.45) is -4.58. The van der Waals surface area contributed by atoms with Gasteiger partial charge in [-0.2, -0.15) is 13.2 Å². The molecule has 0 saturated heterocycles. The third kappa shape index (κ3) is 4.18. The number of rotatable bonds is 4. The molecule has 2 N–H and O–H groups in total. The van der Waals surface area contributed by atoms with Crippen LogP contribution in [0.4, 0.5) is 18.9 Å². The van der Waals surface area contributed by atoms with Crippen molar-refractivity contribution in [3.8, 4) is 0 Å². The van der Waals surface area contributed by atoms with Crippen molar-refractivity contribution in [3.05, 3.63) is 100 Å². The summed E-state index contributed by atoms with van der Waals surface area (Å²) in [6.45, 7) is 0. The van der Waals surface area contributed by atoms with E-state index in [1.807, 2.05) is 0 Å². The average molecular weight is 443 g/mol. The van der Waals surface area contributed by atoms with E-state index >= 15 is 0 Å². The molecule has 1 aromatic heterocycles. The number of anilines is 1. The standard InChI is InChI=1S/C23H14ClF3N2O2/c24-16-9-10-17-18(12-16)28-20(21(30)13-5-2-1-3-6-13)19(17)29-22(31)14-7-4-8-15(11-14)23(25,26)27/h1-12,28H,(H,29,31). The van der Waals surface area contributed by atoms with Gasteiger partial charge in [0, 0.05) is 27.1 Å². The number of alkyl halides is 3. The van der Waals surface area contributed by atoms with Crippen LogP contribution in [0.25, 0.3) is 10.9 Å². The summed E-state index contributed by atoms with van der Waals surface area (Å²) in [5.41, 5.74) is 0.0373. The number of hydrogen-bond acceptors (Lipinski definition) is 2. The van der Waals surface area contributed by atoms with E-state index < -0.39 is 17.6 Å². The summed E-state index contributed by atoms with van der Waals surface area (Å²) >= 11 is 6.04. The Hall–Kier alpha value is -3.58. The highest BCUT2D eigenvalue weighted by Crippen LogP contribution is 2.33. The van der Waals surface area contributed by atoms with Crippen LogP contribution in [-0.2, 0) is 6.18 Å². The lowest BCUT2D eigenvalue weighted by Gasteiger charge is -2.10. The highest BCUT2D eigenvalue weighted by molar-refractivity contribution is 6.31. The predicted molar refractivity (Wildman–Crippen MR) is 113 cm³/mol. The Morgan fingerprint density at radius 3 is 2.29 bits per heavy atom. The Morgan fingerprint density at radius 2 is 1.58 bits per heavy atom. The molecule has 3 aromatic carbocycles. The van der Waals surface area contributed by atoms with E-state index in [0.29, 0.717) is 21.5 Å². The summed E-state index contributed by atoms with van der Waals surface area (Å²) in [7, 11) is 0. The molecule has 31 heavy (non-hydrogen) atoms. The summed E-state index contributed by atoms with van der Waals surface area (Å²) in [5, 5.41) is 3.52. The molecule has 156 valence electrons. The van der Waals surface area contributed by atoms with Crippen LogP contribution in [0.5, 0.6) is 0 Å². The lowest BCUT2D eigenvalue weighted by atomic mass is 10.1. The highest BCUT2D eigenvalue weighted by atomic mass is 35.5. The van der Waals surface area contributed by atoms with Crippen LogP contribution >= 0.6 is 11.6 Å². The molecule has 4 rings (SSSR count). The average Bonchev–Trinajstić information content (AvgIpc) is 3.10. The monoisotopic (exact) mass is 442 g/mol. The fraction of sp³-hybridized carbons (Fsp3) is 0.0435. The second-order valence-corrected chi connectivity index (χ2v) is 7.23. The van der Waals surface area contributed by atoms with Gasteiger partial charge >= 0.3 is 6.18 Å². The molecule has 0 unspecified atom stereocenters. The molecule has 0 fully saturated rings. The van der Waals surface area contributed by atoms with E-state index in [0.717, 1.165) is 18.2 Å². The number of ketones is 1. The van der Waals surface area contributed by atoms with Crippen LogP contribution in [-0.4, -0.2) is 16.7 Å². The second-order valence-electron chi connectivity index (χ2n) is 6.79. The molecular weight excluding hydrogens is 429 g/mol. The lowest BCUT2D eigenvalue weighted by molar-refractivity contribution is -0.137. The van der Waals surface area contributed by atoms with Crippen molar-refractivity contribution in [1.29, 1.82) is 0 Å². The smallest absolute Gasteiger partial charge is 0.350 e. The molecule has 0 aliphatic carbocycles. The molecule has 0 spiro atoms. The van der Waals surface area contributed by atoms with Crippen molar-refractivity contribution in [3.63, 3.8) is 0 Å². The van der Waals surface area contributed by atoms with Gasteiger partial charge in [0.25, 0.3) is 5.91 Å². The number of halogens is 4. The van der Waals surface area contributed by atoms with Crippen molar-refractivity contribution in [2.45, 2.75) is 6.18 Å². The van der Waals surface area contributed by atoms with Crippen molar-refractivity contribution in [2.24, 2.45) is 0 Å². The number of aromatic amines is 1. The van der Waals surface area contributed by atoms with E-state index in [9.17, 15) is 22.8 Å². The van der Waals surface area contributed by atoms with Gasteiger partial charge in [0.15, 0.2) is 0 Å². The highest BCUT2D eigenvalue weighted by Gasteiger charge is 2.31. The van der Waals surface area contributed by atoms with Gasteiger partial charge < -0.3 is 10.3 Å². The zero-order valence-electron chi connectivity index (χ0n) is 15.8. The lowest BCUT2D eigenvalue weighted by Crippen LogP contribution is -2.16. The van der Waals surface area contributed by atoms with E-state index in [1.54, 1.807) is 48.5 Å². The van der Waals surface area contributed by atoms with Gasteiger partial charge in [-0.05, 0) is 36.4 Å². The Balaban J connectivity index is 1.78. The minimum atomic E-state index is -4.58. The first-order valence-electron chi connectivity index (χ1n) is 9.13. The Bertz CT molecular complexity index is 1300. The SMILES string of the molecule is O=C(Nc1c(C(=O)c2ccccc2)[nH]c2cc(Cl)ccc12)c1cccc(C(F)(F)F)c1. The molecule has 0 aliphatic rings. The molecule has 0 radical (unpaired) electrons. The minimum Gasteiger partial charge on any atom is -0.350 e. The van der Waals surface area contributed by atoms with Crippen molar-refractivity contribution >= 4 is 39.9 Å². The van der Waals surface area contributed by atoms with Gasteiger partial charge in [-0.1, -0.05) is 48.0 Å². The first-order chi connectivity index (χ1) is 14.7. The summed E-state index contributed by atoms with van der Waals surface area (Å²) < 4.78 is 39.1. The van der Waals surface area contributed by atoms with Crippen molar-refractivity contribution in [1.82, 2.24) is 4.98 Å². The normalized spacial score (nSPS) is 11.5. The number of carbonyl (C=O) groups excluding carboxylic acids is 2. The number of fused-ring (bicyclic) bond motifs is 1. The maximum absolute atomic E-state index is 13.1. The Kier molecular flexibility index (Phi) is 5.29. The Morgan fingerprint density at radius 1 is 0.871 bits per heavy atom. The molecule has 4 aromatic rings. The van der Waals surface area contributed by atoms with E-state index in [1.165, 1.54) is 6.07 Å². The summed E-state index contributed by atoms with van der Waals surface area (Å²) in [5.74, 6) is -1.16. The topological polar surface area (TPSA) is 62.0 Å². The quantitative estimate of drug-likeness (QED) is 0.363. The van der Waals surface area contributed by atoms with Crippen LogP contribution in [0.3, 0.4) is 0 Å². The third-order valence-corrected chi connectivity index (χ3v) is 4.95. The van der Waals surface area contributed by atoms with Gasteiger partial charge in [-0.25, -0.2) is 0 Å². The summed E-state index contributed by atoms with van der Waals surface area (Å²) in [4.78, 5) is 28.8. The van der Waals surface area contributed by atoms with Crippen molar-refractivity contribution in [2.75, 3.05) is 5.32 Å². The number of aromatic nitrogens is 1. The van der Waals surface area contributed by atoms with Crippen LogP contribution < -0.4 is 5.32 Å². The van der Waals surface area contributed by atoms with Gasteiger partial charge in [-0.3, -0.25) is 9.59 Å². The van der Waals surface area contributed by atoms with Crippen LogP contribution in [0.2, 0.25) is 5.02 Å². The van der Waals surface area contributed by atoms with Gasteiger partial charge in [0.1, 0.15) is 5.69 Å². The largest absolute Gasteiger partial charge is 0.416 e. The van der Waals surface area contributed by atoms with Gasteiger partial charge in [0.2, 0.25) is 5.78 Å². The molecule has 1 amide bonds. The molecule has 0 aliphatic heterocycles. The second kappa shape index (κ2) is 7.92. The molecule has 0 atom stereocenters. The number of benzene rings is 3. The first kappa shape index (κ1) is 20.7. The maximum atomic E-state index is 13.1. The number of hydrogen-bond donors (Lipinski definition) is 2. The Labute approximate surface area is 179 Å². The molecule has 0 bridgehead atoms. The fourth-order valence-electron chi connectivity index (χ4n) is 3.23. The number of carbonyl (C=O) groups is 2. The van der Waals surface area contributed by atoms with Crippen LogP contribution in [0, 0.1) is 0 Å². The maximum Gasteiger partial charge on any atom is 0.416 e. The van der Waals surface area contributed by atoms with E-state index in [2.05, 4.69) is 10.3 Å². The molecular formula is C23H14ClF3N2O2. The molecule has 8 heteroatoms. The fourth-order valence-corrected chi connectivity index (χ4v) is 3.40. The molecule has 0 saturated carbocycles. The first-order valence-corrected chi connectivity index (χ1v) is 9.51. The number of amides is 1. The van der Waals surface area contributed by atoms with Crippen molar-refractivity contribution < 1.29 is 22.8 Å². The number of nitrogens with one attached hydrogen (secondary N) is 2. The van der Waals surface area contributed by atoms with E-state index in [4.69, 9.17) is 11.6 Å². The summed E-state index contributed by atoms with van der Waals surface area (Å²) in [6, 6.07) is 17.3. The van der Waals surface area contributed by atoms with Gasteiger partial charge in [0.05, 0.1) is 11.3 Å². The predicted octanol–water partition coefficient (Wildman–Crippen LogP) is 6.32. The van der Waals surface area contributed by atoms with Gasteiger partial charge in [-0.15, -0.1) is 0 Å². The molecule has 1 heterocycles.